The van der Waals surface area contributed by atoms with Crippen LogP contribution in [0.4, 0.5) is 0 Å². The van der Waals surface area contributed by atoms with Crippen LogP contribution in [-0.4, -0.2) is 45.5 Å². The molecule has 6 heteroatoms. The molecule has 1 heterocycles. The fraction of sp³-hybridized carbons (Fsp3) is 0.333. The quantitative estimate of drug-likeness (QED) is 0.717. The SMILES string of the molecule is CC(CS)C(=O)N1C[C@@H](Sc2ccc(-c3ccccc3)cc2)C[C@H]1C(=O)O. The number of hydrogen-bond acceptors (Lipinski definition) is 4. The minimum atomic E-state index is -0.933. The van der Waals surface area contributed by atoms with Gasteiger partial charge in [0.1, 0.15) is 6.04 Å². The number of hydrogen-bond donors (Lipinski definition) is 2. The Hall–Kier alpha value is -1.92. The molecule has 2 aromatic carbocycles. The number of benzene rings is 2. The molecule has 1 aliphatic heterocycles. The van der Waals surface area contributed by atoms with Crippen LogP contribution >= 0.6 is 24.4 Å². The van der Waals surface area contributed by atoms with Crippen LogP contribution in [0, 0.1) is 5.92 Å². The molecule has 0 aliphatic carbocycles. The minimum Gasteiger partial charge on any atom is -0.480 e. The van der Waals surface area contributed by atoms with Crippen molar-refractivity contribution in [1.29, 1.82) is 0 Å². The van der Waals surface area contributed by atoms with E-state index in [0.29, 0.717) is 18.7 Å². The Morgan fingerprint density at radius 3 is 2.37 bits per heavy atom. The van der Waals surface area contributed by atoms with E-state index >= 15 is 0 Å². The Morgan fingerprint density at radius 1 is 1.15 bits per heavy atom. The average Bonchev–Trinajstić information content (AvgIpc) is 3.12. The van der Waals surface area contributed by atoms with Gasteiger partial charge < -0.3 is 10.0 Å². The van der Waals surface area contributed by atoms with Crippen molar-refractivity contribution >= 4 is 36.3 Å². The van der Waals surface area contributed by atoms with Crippen LogP contribution in [0.15, 0.2) is 59.5 Å². The first-order chi connectivity index (χ1) is 13.0. The summed E-state index contributed by atoms with van der Waals surface area (Å²) >= 11 is 5.81. The summed E-state index contributed by atoms with van der Waals surface area (Å²) in [6, 6.07) is 17.7. The van der Waals surface area contributed by atoms with E-state index in [1.54, 1.807) is 18.7 Å². The van der Waals surface area contributed by atoms with E-state index in [2.05, 4.69) is 49.0 Å². The number of carbonyl (C=O) groups excluding carboxylic acids is 1. The van der Waals surface area contributed by atoms with Crippen LogP contribution in [0.25, 0.3) is 11.1 Å². The Labute approximate surface area is 169 Å². The number of amides is 1. The molecule has 1 amide bonds. The molecular formula is C21H23NO3S2. The maximum atomic E-state index is 12.5. The van der Waals surface area contributed by atoms with Crippen LogP contribution in [0.5, 0.6) is 0 Å². The van der Waals surface area contributed by atoms with E-state index in [0.717, 1.165) is 10.5 Å². The third-order valence-electron chi connectivity index (χ3n) is 4.79. The van der Waals surface area contributed by atoms with Gasteiger partial charge in [0.15, 0.2) is 0 Å². The molecule has 3 rings (SSSR count). The zero-order chi connectivity index (χ0) is 19.4. The topological polar surface area (TPSA) is 57.6 Å². The van der Waals surface area contributed by atoms with Crippen molar-refractivity contribution in [3.05, 3.63) is 54.6 Å². The summed E-state index contributed by atoms with van der Waals surface area (Å²) in [5.41, 5.74) is 2.31. The van der Waals surface area contributed by atoms with Gasteiger partial charge in [-0.2, -0.15) is 12.6 Å². The van der Waals surface area contributed by atoms with Gasteiger partial charge in [0, 0.05) is 28.4 Å². The van der Waals surface area contributed by atoms with Crippen LogP contribution < -0.4 is 0 Å². The molecule has 0 bridgehead atoms. The second kappa shape index (κ2) is 8.85. The van der Waals surface area contributed by atoms with Gasteiger partial charge in [-0.3, -0.25) is 4.79 Å². The Morgan fingerprint density at radius 2 is 1.78 bits per heavy atom. The minimum absolute atomic E-state index is 0.0738. The molecule has 0 aromatic heterocycles. The molecule has 4 nitrogen and oxygen atoms in total. The molecule has 27 heavy (non-hydrogen) atoms. The van der Waals surface area contributed by atoms with Crippen molar-refractivity contribution in [1.82, 2.24) is 4.90 Å². The zero-order valence-electron chi connectivity index (χ0n) is 15.1. The highest BCUT2D eigenvalue weighted by Crippen LogP contribution is 2.34. The predicted molar refractivity (Wildman–Crippen MR) is 112 cm³/mol. The molecule has 1 aliphatic rings. The Bertz CT molecular complexity index is 795. The summed E-state index contributed by atoms with van der Waals surface area (Å²) in [6.07, 6.45) is 0.464. The van der Waals surface area contributed by atoms with Gasteiger partial charge in [-0.1, -0.05) is 49.4 Å². The monoisotopic (exact) mass is 401 g/mol. The van der Waals surface area contributed by atoms with E-state index in [1.807, 2.05) is 18.2 Å². The van der Waals surface area contributed by atoms with Crippen molar-refractivity contribution in [2.75, 3.05) is 12.3 Å². The highest BCUT2D eigenvalue weighted by molar-refractivity contribution is 8.00. The second-order valence-electron chi connectivity index (χ2n) is 6.79. The first-order valence-corrected chi connectivity index (χ1v) is 10.5. The summed E-state index contributed by atoms with van der Waals surface area (Å²) in [6.45, 7) is 2.25. The van der Waals surface area contributed by atoms with Gasteiger partial charge in [-0.15, -0.1) is 11.8 Å². The fourth-order valence-corrected chi connectivity index (χ4v) is 4.62. The molecule has 0 spiro atoms. The summed E-state index contributed by atoms with van der Waals surface area (Å²) in [5.74, 6) is -0.915. The van der Waals surface area contributed by atoms with Gasteiger partial charge in [-0.25, -0.2) is 4.79 Å². The predicted octanol–water partition coefficient (Wildman–Crippen LogP) is 4.07. The van der Waals surface area contributed by atoms with E-state index in [4.69, 9.17) is 0 Å². The fourth-order valence-electron chi connectivity index (χ4n) is 3.27. The standard InChI is InChI=1S/C21H23NO3S2/c1-14(13-26)20(23)22-12-18(11-19(22)21(24)25)27-17-9-7-16(8-10-17)15-5-3-2-4-6-15/h2-10,14,18-19,26H,11-13H2,1H3,(H,24,25)/t14?,18-,19-/m0/s1. The summed E-state index contributed by atoms with van der Waals surface area (Å²) < 4.78 is 0. The molecular weight excluding hydrogens is 378 g/mol. The number of likely N-dealkylation sites (tertiary alicyclic amines) is 1. The third kappa shape index (κ3) is 4.68. The van der Waals surface area contributed by atoms with Gasteiger partial charge in [0.25, 0.3) is 0 Å². The number of aliphatic carboxylic acids is 1. The molecule has 1 fully saturated rings. The second-order valence-corrected chi connectivity index (χ2v) is 8.53. The van der Waals surface area contributed by atoms with E-state index in [-0.39, 0.29) is 17.1 Å². The summed E-state index contributed by atoms with van der Waals surface area (Å²) in [7, 11) is 0. The zero-order valence-corrected chi connectivity index (χ0v) is 16.8. The van der Waals surface area contributed by atoms with Crippen molar-refractivity contribution in [2.45, 2.75) is 29.5 Å². The van der Waals surface area contributed by atoms with Gasteiger partial charge in [0.05, 0.1) is 0 Å². The lowest BCUT2D eigenvalue weighted by Crippen LogP contribution is -2.43. The van der Waals surface area contributed by atoms with Gasteiger partial charge in [-0.05, 0) is 29.7 Å². The highest BCUT2D eigenvalue weighted by Gasteiger charge is 2.40. The first-order valence-electron chi connectivity index (χ1n) is 8.96. The number of thioether (sulfide) groups is 1. The molecule has 1 saturated heterocycles. The first kappa shape index (κ1) is 19.8. The number of carboxylic acid groups (broad SMARTS) is 1. The van der Waals surface area contributed by atoms with Gasteiger partial charge in [0.2, 0.25) is 5.91 Å². The molecule has 1 unspecified atom stereocenters. The van der Waals surface area contributed by atoms with Crippen molar-refractivity contribution in [2.24, 2.45) is 5.92 Å². The highest BCUT2D eigenvalue weighted by atomic mass is 32.2. The molecule has 3 atom stereocenters. The molecule has 0 radical (unpaired) electrons. The number of rotatable bonds is 6. The van der Waals surface area contributed by atoms with E-state index < -0.39 is 12.0 Å². The summed E-state index contributed by atoms with van der Waals surface area (Å²) in [4.78, 5) is 26.7. The van der Waals surface area contributed by atoms with Crippen LogP contribution in [0.1, 0.15) is 13.3 Å². The lowest BCUT2D eigenvalue weighted by molar-refractivity contribution is -0.149. The van der Waals surface area contributed by atoms with Crippen molar-refractivity contribution in [3.8, 4) is 11.1 Å². The maximum absolute atomic E-state index is 12.5. The number of carboxylic acids is 1. The van der Waals surface area contributed by atoms with E-state index in [1.165, 1.54) is 10.5 Å². The lowest BCUT2D eigenvalue weighted by atomic mass is 10.1. The maximum Gasteiger partial charge on any atom is 0.326 e. The Kier molecular flexibility index (Phi) is 6.50. The van der Waals surface area contributed by atoms with Gasteiger partial charge >= 0.3 is 5.97 Å². The lowest BCUT2D eigenvalue weighted by Gasteiger charge is -2.24. The van der Waals surface area contributed by atoms with Crippen molar-refractivity contribution in [3.63, 3.8) is 0 Å². The van der Waals surface area contributed by atoms with Crippen LogP contribution in [-0.2, 0) is 9.59 Å². The van der Waals surface area contributed by atoms with Crippen LogP contribution in [0.3, 0.4) is 0 Å². The molecule has 1 N–H and O–H groups in total. The number of carbonyl (C=O) groups is 2. The normalized spacial score (nSPS) is 20.4. The van der Waals surface area contributed by atoms with Crippen LogP contribution in [0.2, 0.25) is 0 Å². The number of thiol groups is 1. The molecule has 0 saturated carbocycles. The third-order valence-corrected chi connectivity index (χ3v) is 6.56. The largest absolute Gasteiger partial charge is 0.480 e. The van der Waals surface area contributed by atoms with E-state index in [9.17, 15) is 14.7 Å². The smallest absolute Gasteiger partial charge is 0.326 e. The average molecular weight is 402 g/mol. The van der Waals surface area contributed by atoms with Crippen molar-refractivity contribution < 1.29 is 14.7 Å². The Balaban J connectivity index is 1.69. The molecule has 2 aromatic rings. The number of nitrogens with zero attached hydrogens (tertiary/aromatic N) is 1. The molecule has 142 valence electrons. The summed E-state index contributed by atoms with van der Waals surface area (Å²) in [5, 5.41) is 9.58.